The number of allylic oxidation sites excluding steroid dienone is 1. The Balaban J connectivity index is 1.57. The molecule has 27 heavy (non-hydrogen) atoms. The van der Waals surface area contributed by atoms with E-state index < -0.39 is 5.97 Å². The molecule has 5 heteroatoms. The molecule has 0 unspecified atom stereocenters. The first kappa shape index (κ1) is 17.2. The number of carbonyl (C=O) groups excluding carboxylic acids is 2. The Morgan fingerprint density at radius 2 is 1.70 bits per heavy atom. The smallest absolute Gasteiger partial charge is 0.344 e. The van der Waals surface area contributed by atoms with Crippen molar-refractivity contribution in [3.05, 3.63) is 99.7 Å². The summed E-state index contributed by atoms with van der Waals surface area (Å²) in [7, 11) is 0. The van der Waals surface area contributed by atoms with E-state index >= 15 is 0 Å². The van der Waals surface area contributed by atoms with Gasteiger partial charge in [0.2, 0.25) is 5.78 Å². The van der Waals surface area contributed by atoms with Gasteiger partial charge in [0, 0.05) is 10.5 Å². The zero-order valence-electron chi connectivity index (χ0n) is 14.0. The van der Waals surface area contributed by atoms with Crippen molar-refractivity contribution >= 4 is 33.8 Å². The monoisotopic (exact) mass is 420 g/mol. The van der Waals surface area contributed by atoms with Crippen molar-refractivity contribution < 1.29 is 19.1 Å². The lowest BCUT2D eigenvalue weighted by Gasteiger charge is -2.06. The van der Waals surface area contributed by atoms with Gasteiger partial charge in [0.25, 0.3) is 0 Å². The maximum Gasteiger partial charge on any atom is 0.344 e. The summed E-state index contributed by atoms with van der Waals surface area (Å²) in [5, 5.41) is 0. The first-order chi connectivity index (χ1) is 13.1. The molecule has 0 fully saturated rings. The number of fused-ring (bicyclic) bond motifs is 1. The second kappa shape index (κ2) is 7.21. The average Bonchev–Trinajstić information content (AvgIpc) is 2.98. The Kier molecular flexibility index (Phi) is 4.60. The van der Waals surface area contributed by atoms with Crippen LogP contribution in [0.25, 0.3) is 6.08 Å². The molecular weight excluding hydrogens is 408 g/mol. The molecule has 1 heterocycles. The Labute approximate surface area is 164 Å². The number of ketones is 1. The summed E-state index contributed by atoms with van der Waals surface area (Å²) in [5.74, 6) is 0.234. The third-order valence-electron chi connectivity index (χ3n) is 4.04. The second-order valence-electron chi connectivity index (χ2n) is 5.88. The Morgan fingerprint density at radius 1 is 0.963 bits per heavy atom. The molecule has 4 nitrogen and oxygen atoms in total. The van der Waals surface area contributed by atoms with E-state index in [0.29, 0.717) is 27.1 Å². The zero-order valence-corrected chi connectivity index (χ0v) is 15.6. The molecule has 0 atom stereocenters. The maximum absolute atomic E-state index is 12.5. The molecule has 0 aromatic heterocycles. The molecular formula is C22H13BrO4. The summed E-state index contributed by atoms with van der Waals surface area (Å²) in [6.45, 7) is 0. The van der Waals surface area contributed by atoms with Crippen LogP contribution in [-0.4, -0.2) is 11.8 Å². The van der Waals surface area contributed by atoms with Crippen LogP contribution < -0.4 is 9.47 Å². The van der Waals surface area contributed by atoms with Crippen LogP contribution in [-0.2, 0) is 0 Å². The lowest BCUT2D eigenvalue weighted by atomic mass is 10.1. The molecule has 0 saturated carbocycles. The van der Waals surface area contributed by atoms with Crippen LogP contribution in [0, 0.1) is 0 Å². The van der Waals surface area contributed by atoms with Crippen molar-refractivity contribution in [2.75, 3.05) is 0 Å². The number of carbonyl (C=O) groups is 2. The average molecular weight is 421 g/mol. The fourth-order valence-corrected chi connectivity index (χ4v) is 3.17. The molecule has 0 amide bonds. The van der Waals surface area contributed by atoms with E-state index in [-0.39, 0.29) is 11.5 Å². The van der Waals surface area contributed by atoms with Crippen molar-refractivity contribution in [2.24, 2.45) is 0 Å². The van der Waals surface area contributed by atoms with Gasteiger partial charge in [-0.25, -0.2) is 4.79 Å². The number of hydrogen-bond donors (Lipinski definition) is 0. The molecule has 0 saturated heterocycles. The molecule has 0 N–H and O–H groups in total. The summed E-state index contributed by atoms with van der Waals surface area (Å²) in [5.41, 5.74) is 1.73. The van der Waals surface area contributed by atoms with Crippen molar-refractivity contribution in [2.45, 2.75) is 0 Å². The number of rotatable bonds is 3. The Bertz CT molecular complexity index is 1070. The number of benzene rings is 3. The number of Topliss-reactive ketones (excluding diaryl/α,β-unsaturated/α-hetero) is 1. The standard InChI is InChI=1S/C22H13BrO4/c23-18-9-5-4-8-16(18)22(25)26-15-10-11-17-19(13-15)27-20(21(17)24)12-14-6-2-1-3-7-14/h1-13H. The number of esters is 1. The van der Waals surface area contributed by atoms with Gasteiger partial charge < -0.3 is 9.47 Å². The number of halogens is 1. The molecule has 3 aromatic rings. The quantitative estimate of drug-likeness (QED) is 0.328. The predicted octanol–water partition coefficient (Wildman–Crippen LogP) is 5.28. The summed E-state index contributed by atoms with van der Waals surface area (Å²) >= 11 is 3.33. The van der Waals surface area contributed by atoms with Gasteiger partial charge in [0.15, 0.2) is 5.76 Å². The van der Waals surface area contributed by atoms with Crippen LogP contribution in [0.5, 0.6) is 11.5 Å². The molecule has 1 aliphatic heterocycles. The highest BCUT2D eigenvalue weighted by Gasteiger charge is 2.28. The van der Waals surface area contributed by atoms with Gasteiger partial charge in [0.1, 0.15) is 11.5 Å². The lowest BCUT2D eigenvalue weighted by Crippen LogP contribution is -2.09. The van der Waals surface area contributed by atoms with E-state index in [0.717, 1.165) is 5.56 Å². The molecule has 0 radical (unpaired) electrons. The van der Waals surface area contributed by atoms with Crippen LogP contribution in [0.4, 0.5) is 0 Å². The predicted molar refractivity (Wildman–Crippen MR) is 105 cm³/mol. The highest BCUT2D eigenvalue weighted by molar-refractivity contribution is 9.10. The minimum Gasteiger partial charge on any atom is -0.452 e. The van der Waals surface area contributed by atoms with Gasteiger partial charge in [-0.1, -0.05) is 42.5 Å². The summed E-state index contributed by atoms with van der Waals surface area (Å²) in [6, 6.07) is 21.2. The van der Waals surface area contributed by atoms with Gasteiger partial charge in [-0.3, -0.25) is 4.79 Å². The highest BCUT2D eigenvalue weighted by atomic mass is 79.9. The fourth-order valence-electron chi connectivity index (χ4n) is 2.72. The van der Waals surface area contributed by atoms with E-state index in [1.54, 1.807) is 42.5 Å². The van der Waals surface area contributed by atoms with E-state index in [1.165, 1.54) is 0 Å². The van der Waals surface area contributed by atoms with Gasteiger partial charge in [-0.2, -0.15) is 0 Å². The van der Waals surface area contributed by atoms with Crippen LogP contribution in [0.3, 0.4) is 0 Å². The minimum absolute atomic E-state index is 0.197. The molecule has 0 aliphatic carbocycles. The fraction of sp³-hybridized carbons (Fsp3) is 0. The first-order valence-corrected chi connectivity index (χ1v) is 9.01. The zero-order chi connectivity index (χ0) is 18.8. The van der Waals surface area contributed by atoms with Crippen molar-refractivity contribution in [3.63, 3.8) is 0 Å². The normalized spacial score (nSPS) is 14.0. The molecule has 0 bridgehead atoms. The highest BCUT2D eigenvalue weighted by Crippen LogP contribution is 2.35. The molecule has 0 spiro atoms. The summed E-state index contributed by atoms with van der Waals surface area (Å²) in [4.78, 5) is 24.8. The summed E-state index contributed by atoms with van der Waals surface area (Å²) < 4.78 is 11.8. The van der Waals surface area contributed by atoms with E-state index in [2.05, 4.69) is 15.9 Å². The number of hydrogen-bond acceptors (Lipinski definition) is 4. The third-order valence-corrected chi connectivity index (χ3v) is 4.73. The van der Waals surface area contributed by atoms with Gasteiger partial charge in [-0.05, 0) is 51.8 Å². The van der Waals surface area contributed by atoms with Crippen molar-refractivity contribution in [3.8, 4) is 11.5 Å². The topological polar surface area (TPSA) is 52.6 Å². The molecule has 4 rings (SSSR count). The lowest BCUT2D eigenvalue weighted by molar-refractivity contribution is 0.0733. The van der Waals surface area contributed by atoms with Crippen LogP contribution in [0.2, 0.25) is 0 Å². The van der Waals surface area contributed by atoms with Crippen LogP contribution in [0.15, 0.2) is 83.0 Å². The first-order valence-electron chi connectivity index (χ1n) is 8.22. The van der Waals surface area contributed by atoms with E-state index in [9.17, 15) is 9.59 Å². The Hall–Kier alpha value is -3.18. The largest absolute Gasteiger partial charge is 0.452 e. The third kappa shape index (κ3) is 3.55. The van der Waals surface area contributed by atoms with Crippen molar-refractivity contribution in [1.82, 2.24) is 0 Å². The van der Waals surface area contributed by atoms with Gasteiger partial charge >= 0.3 is 5.97 Å². The van der Waals surface area contributed by atoms with Crippen molar-refractivity contribution in [1.29, 1.82) is 0 Å². The summed E-state index contributed by atoms with van der Waals surface area (Å²) in [6.07, 6.45) is 1.69. The van der Waals surface area contributed by atoms with E-state index in [4.69, 9.17) is 9.47 Å². The molecule has 132 valence electrons. The maximum atomic E-state index is 12.5. The van der Waals surface area contributed by atoms with Crippen LogP contribution in [0.1, 0.15) is 26.3 Å². The number of ether oxygens (including phenoxy) is 2. The minimum atomic E-state index is -0.494. The van der Waals surface area contributed by atoms with E-state index in [1.807, 2.05) is 36.4 Å². The SMILES string of the molecule is O=C(Oc1ccc2c(c1)OC(=Cc1ccccc1)C2=O)c1ccccc1Br. The van der Waals surface area contributed by atoms with Gasteiger partial charge in [-0.15, -0.1) is 0 Å². The Morgan fingerprint density at radius 3 is 2.48 bits per heavy atom. The molecule has 3 aromatic carbocycles. The molecule has 1 aliphatic rings. The van der Waals surface area contributed by atoms with Crippen LogP contribution >= 0.6 is 15.9 Å². The van der Waals surface area contributed by atoms with Gasteiger partial charge in [0.05, 0.1) is 11.1 Å². The second-order valence-corrected chi connectivity index (χ2v) is 6.73.